The van der Waals surface area contributed by atoms with Crippen molar-refractivity contribution in [2.24, 2.45) is 0 Å². The van der Waals surface area contributed by atoms with Gasteiger partial charge in [-0.15, -0.1) is 0 Å². The molecule has 0 bridgehead atoms. The van der Waals surface area contributed by atoms with Crippen molar-refractivity contribution in [3.05, 3.63) is 152 Å². The van der Waals surface area contributed by atoms with E-state index in [-0.39, 0.29) is 0 Å². The van der Waals surface area contributed by atoms with Crippen molar-refractivity contribution in [3.63, 3.8) is 0 Å². The van der Waals surface area contributed by atoms with Gasteiger partial charge in [-0.2, -0.15) is 0 Å². The minimum absolute atomic E-state index is 0.551. The van der Waals surface area contributed by atoms with Crippen LogP contribution in [0, 0.1) is 0 Å². The average molecular weight is 592 g/mol. The van der Waals surface area contributed by atoms with Crippen LogP contribution in [0.1, 0.15) is 0 Å². The number of para-hydroxylation sites is 5. The molecule has 6 heteroatoms. The van der Waals surface area contributed by atoms with Crippen LogP contribution in [-0.4, -0.2) is 24.5 Å². The molecule has 0 fully saturated rings. The first-order valence-electron chi connectivity index (χ1n) is 15.2. The van der Waals surface area contributed by atoms with Crippen molar-refractivity contribution in [1.82, 2.24) is 24.5 Å². The molecule has 0 saturated carbocycles. The summed E-state index contributed by atoms with van der Waals surface area (Å²) in [5.74, 6) is 2.58. The van der Waals surface area contributed by atoms with Crippen molar-refractivity contribution < 1.29 is 4.42 Å². The van der Waals surface area contributed by atoms with Gasteiger partial charge in [-0.1, -0.05) is 115 Å². The molecule has 0 saturated heterocycles. The van der Waals surface area contributed by atoms with E-state index in [0.717, 1.165) is 66.7 Å². The first-order chi connectivity index (χ1) is 22.8. The molecule has 0 aliphatic rings. The Morgan fingerprint density at radius 1 is 0.413 bits per heavy atom. The monoisotopic (exact) mass is 591 g/mol. The normalized spacial score (nSPS) is 11.5. The fourth-order valence-electron chi connectivity index (χ4n) is 6.15. The summed E-state index contributed by atoms with van der Waals surface area (Å²) in [7, 11) is 0. The molecule has 9 rings (SSSR count). The third-order valence-corrected chi connectivity index (χ3v) is 8.28. The molecule has 0 unspecified atom stereocenters. The number of benzene rings is 6. The maximum atomic E-state index is 6.85. The van der Waals surface area contributed by atoms with Crippen LogP contribution < -0.4 is 0 Å². The lowest BCUT2D eigenvalue weighted by Crippen LogP contribution is -2.00. The highest BCUT2D eigenvalue weighted by Crippen LogP contribution is 2.40. The summed E-state index contributed by atoms with van der Waals surface area (Å²) in [6, 6.07) is 50.9. The van der Waals surface area contributed by atoms with Gasteiger partial charge in [-0.05, 0) is 36.4 Å². The van der Waals surface area contributed by atoms with Gasteiger partial charge in [0, 0.05) is 27.6 Å². The third kappa shape index (κ3) is 4.27. The van der Waals surface area contributed by atoms with Crippen LogP contribution in [0.3, 0.4) is 0 Å². The molecular weight excluding hydrogens is 566 g/mol. The molecule has 46 heavy (non-hydrogen) atoms. The van der Waals surface area contributed by atoms with Gasteiger partial charge in [0.2, 0.25) is 0 Å². The first kappa shape index (κ1) is 26.0. The maximum absolute atomic E-state index is 6.85. The largest absolute Gasteiger partial charge is 0.455 e. The Morgan fingerprint density at radius 3 is 1.59 bits per heavy atom. The molecule has 0 aliphatic heterocycles. The van der Waals surface area contributed by atoms with Gasteiger partial charge in [0.25, 0.3) is 0 Å². The van der Waals surface area contributed by atoms with E-state index in [9.17, 15) is 0 Å². The Kier molecular flexibility index (Phi) is 6.03. The van der Waals surface area contributed by atoms with Crippen molar-refractivity contribution in [1.29, 1.82) is 0 Å². The number of imidazole rings is 1. The highest BCUT2D eigenvalue weighted by molar-refractivity contribution is 6.12. The van der Waals surface area contributed by atoms with Gasteiger partial charge in [-0.25, -0.2) is 19.9 Å². The third-order valence-electron chi connectivity index (χ3n) is 8.28. The van der Waals surface area contributed by atoms with Gasteiger partial charge >= 0.3 is 0 Å². The second-order valence-corrected chi connectivity index (χ2v) is 11.1. The zero-order chi connectivity index (χ0) is 30.5. The Morgan fingerprint density at radius 2 is 0.935 bits per heavy atom. The number of hydrogen-bond acceptors (Lipinski definition) is 5. The Bertz CT molecular complexity index is 2460. The summed E-state index contributed by atoms with van der Waals surface area (Å²) in [5.41, 5.74) is 8.01. The van der Waals surface area contributed by atoms with Gasteiger partial charge < -0.3 is 4.42 Å². The predicted octanol–water partition coefficient (Wildman–Crippen LogP) is 9.78. The van der Waals surface area contributed by atoms with E-state index in [4.69, 9.17) is 24.4 Å². The Labute approximate surface area is 264 Å². The number of rotatable bonds is 5. The molecule has 0 amide bonds. The minimum Gasteiger partial charge on any atom is -0.455 e. The molecule has 0 N–H and O–H groups in total. The molecule has 6 aromatic carbocycles. The zero-order valence-corrected chi connectivity index (χ0v) is 24.6. The van der Waals surface area contributed by atoms with Crippen molar-refractivity contribution in [2.45, 2.75) is 0 Å². The molecule has 3 aromatic heterocycles. The van der Waals surface area contributed by atoms with Gasteiger partial charge in [-0.3, -0.25) is 4.57 Å². The lowest BCUT2D eigenvalue weighted by atomic mass is 10.1. The number of furan rings is 1. The van der Waals surface area contributed by atoms with E-state index in [1.165, 1.54) is 0 Å². The molecule has 0 radical (unpaired) electrons. The zero-order valence-electron chi connectivity index (χ0n) is 24.6. The molecule has 3 heterocycles. The standard InChI is InChI=1S/C40H25N5O/c1-4-14-26(15-5-1)37-42-38(27-16-6-2-7-17-27)44-39(43-37)31-22-12-20-29-30-21-13-23-32(36(30)46-35(29)31)40-41-33-24-10-11-25-34(33)45(40)28-18-8-3-9-19-28/h1-25H. The number of nitrogens with zero attached hydrogens (tertiary/aromatic N) is 5. The second-order valence-electron chi connectivity index (χ2n) is 11.1. The lowest BCUT2D eigenvalue weighted by molar-refractivity contribution is 0.670. The molecule has 0 atom stereocenters. The van der Waals surface area contributed by atoms with Crippen LogP contribution in [0.15, 0.2) is 156 Å². The lowest BCUT2D eigenvalue weighted by Gasteiger charge is -2.10. The molecular formula is C40H25N5O. The van der Waals surface area contributed by atoms with Gasteiger partial charge in [0.15, 0.2) is 17.5 Å². The highest BCUT2D eigenvalue weighted by atomic mass is 16.3. The summed E-state index contributed by atoms with van der Waals surface area (Å²) in [6.07, 6.45) is 0. The summed E-state index contributed by atoms with van der Waals surface area (Å²) >= 11 is 0. The van der Waals surface area contributed by atoms with E-state index >= 15 is 0 Å². The average Bonchev–Trinajstić information content (AvgIpc) is 3.72. The van der Waals surface area contributed by atoms with Crippen LogP contribution in [-0.2, 0) is 0 Å². The fourth-order valence-corrected chi connectivity index (χ4v) is 6.15. The number of hydrogen-bond donors (Lipinski definition) is 0. The van der Waals surface area contributed by atoms with Gasteiger partial charge in [0.05, 0.1) is 22.2 Å². The summed E-state index contributed by atoms with van der Waals surface area (Å²) in [5, 5.41) is 1.99. The predicted molar refractivity (Wildman–Crippen MR) is 183 cm³/mol. The molecule has 6 nitrogen and oxygen atoms in total. The van der Waals surface area contributed by atoms with Crippen molar-refractivity contribution >= 4 is 33.0 Å². The summed E-state index contributed by atoms with van der Waals surface area (Å²) in [4.78, 5) is 20.0. The summed E-state index contributed by atoms with van der Waals surface area (Å²) < 4.78 is 9.04. The quantitative estimate of drug-likeness (QED) is 0.199. The van der Waals surface area contributed by atoms with Gasteiger partial charge in [0.1, 0.15) is 17.0 Å². The Hall–Kier alpha value is -6.40. The smallest absolute Gasteiger partial charge is 0.167 e. The van der Waals surface area contributed by atoms with E-state index in [0.29, 0.717) is 17.5 Å². The van der Waals surface area contributed by atoms with Crippen LogP contribution in [0.25, 0.3) is 84.2 Å². The van der Waals surface area contributed by atoms with Crippen molar-refractivity contribution in [2.75, 3.05) is 0 Å². The van der Waals surface area contributed by atoms with Crippen LogP contribution in [0.5, 0.6) is 0 Å². The SMILES string of the molecule is c1ccc(-c2nc(-c3ccccc3)nc(-c3cccc4c3oc3c(-c5nc6ccccc6n5-c5ccccc5)cccc34)n2)cc1. The van der Waals surface area contributed by atoms with E-state index < -0.39 is 0 Å². The van der Waals surface area contributed by atoms with E-state index in [2.05, 4.69) is 47.0 Å². The topological polar surface area (TPSA) is 69.6 Å². The second kappa shape index (κ2) is 10.6. The van der Waals surface area contributed by atoms with E-state index in [1.54, 1.807) is 0 Å². The van der Waals surface area contributed by atoms with E-state index in [1.807, 2.05) is 109 Å². The first-order valence-corrected chi connectivity index (χ1v) is 15.2. The minimum atomic E-state index is 0.551. The molecule has 0 aliphatic carbocycles. The molecule has 9 aromatic rings. The number of aromatic nitrogens is 5. The number of fused-ring (bicyclic) bond motifs is 4. The van der Waals surface area contributed by atoms with Crippen LogP contribution in [0.2, 0.25) is 0 Å². The molecule has 0 spiro atoms. The Balaban J connectivity index is 1.29. The van der Waals surface area contributed by atoms with Crippen LogP contribution in [0.4, 0.5) is 0 Å². The molecule has 216 valence electrons. The maximum Gasteiger partial charge on any atom is 0.167 e. The van der Waals surface area contributed by atoms with Crippen LogP contribution >= 0.6 is 0 Å². The highest BCUT2D eigenvalue weighted by Gasteiger charge is 2.22. The summed E-state index contributed by atoms with van der Waals surface area (Å²) in [6.45, 7) is 0. The fraction of sp³-hybridized carbons (Fsp3) is 0. The van der Waals surface area contributed by atoms with Crippen molar-refractivity contribution in [3.8, 4) is 51.2 Å².